The Morgan fingerprint density at radius 1 is 1.54 bits per heavy atom. The van der Waals surface area contributed by atoms with Gasteiger partial charge < -0.3 is 10.2 Å². The maximum Gasteiger partial charge on any atom is 0.194 e. The van der Waals surface area contributed by atoms with E-state index in [1.165, 1.54) is 19.3 Å². The maximum atomic E-state index is 5.62. The molecule has 0 spiro atoms. The Balaban J connectivity index is 1.92. The van der Waals surface area contributed by atoms with E-state index in [9.17, 15) is 0 Å². The zero-order valence-electron chi connectivity index (χ0n) is 7.83. The van der Waals surface area contributed by atoms with E-state index in [0.29, 0.717) is 12.5 Å². The minimum atomic E-state index is 0.652. The molecule has 72 valence electrons. The predicted octanol–water partition coefficient (Wildman–Crippen LogP) is 1.83. The largest absolute Gasteiger partial charge is 0.445 e. The van der Waals surface area contributed by atoms with Gasteiger partial charge in [0.05, 0.1) is 6.20 Å². The van der Waals surface area contributed by atoms with Crippen LogP contribution in [0.1, 0.15) is 43.3 Å². The summed E-state index contributed by atoms with van der Waals surface area (Å²) in [5.41, 5.74) is 5.41. The van der Waals surface area contributed by atoms with Crippen LogP contribution in [0.15, 0.2) is 10.6 Å². The van der Waals surface area contributed by atoms with Crippen LogP contribution in [-0.4, -0.2) is 11.5 Å². The molecule has 0 atom stereocenters. The second-order valence-electron chi connectivity index (χ2n) is 3.68. The maximum absolute atomic E-state index is 5.62. The average molecular weight is 180 g/mol. The molecule has 2 rings (SSSR count). The number of rotatable bonds is 4. The molecule has 13 heavy (non-hydrogen) atoms. The molecular weight excluding hydrogens is 164 g/mol. The van der Waals surface area contributed by atoms with Crippen molar-refractivity contribution in [1.29, 1.82) is 0 Å². The van der Waals surface area contributed by atoms with Crippen LogP contribution >= 0.6 is 0 Å². The Kier molecular flexibility index (Phi) is 2.64. The smallest absolute Gasteiger partial charge is 0.194 e. The van der Waals surface area contributed by atoms with Crippen molar-refractivity contribution >= 4 is 0 Å². The van der Waals surface area contributed by atoms with Crippen molar-refractivity contribution in [2.75, 3.05) is 6.54 Å². The molecule has 0 amide bonds. The molecule has 1 aromatic heterocycles. The van der Waals surface area contributed by atoms with Crippen LogP contribution in [0.3, 0.4) is 0 Å². The molecular formula is C10H16N2O. The SMILES string of the molecule is NCCCc1ncc(C2CCC2)o1. The second kappa shape index (κ2) is 3.92. The van der Waals surface area contributed by atoms with E-state index in [1.807, 2.05) is 6.20 Å². The molecule has 0 radical (unpaired) electrons. The van der Waals surface area contributed by atoms with Crippen LogP contribution in [0, 0.1) is 0 Å². The summed E-state index contributed by atoms with van der Waals surface area (Å²) < 4.78 is 5.62. The zero-order valence-corrected chi connectivity index (χ0v) is 7.83. The quantitative estimate of drug-likeness (QED) is 0.769. The van der Waals surface area contributed by atoms with Gasteiger partial charge in [-0.3, -0.25) is 0 Å². The fourth-order valence-corrected chi connectivity index (χ4v) is 1.57. The summed E-state index contributed by atoms with van der Waals surface area (Å²) in [6.07, 6.45) is 7.60. The summed E-state index contributed by atoms with van der Waals surface area (Å²) in [5.74, 6) is 2.59. The molecule has 0 bridgehead atoms. The van der Waals surface area contributed by atoms with Gasteiger partial charge in [0, 0.05) is 12.3 Å². The highest BCUT2D eigenvalue weighted by Crippen LogP contribution is 2.36. The van der Waals surface area contributed by atoms with Gasteiger partial charge in [0.1, 0.15) is 5.76 Å². The normalized spacial score (nSPS) is 17.3. The summed E-state index contributed by atoms with van der Waals surface area (Å²) in [6, 6.07) is 0. The Hall–Kier alpha value is -0.830. The van der Waals surface area contributed by atoms with E-state index in [2.05, 4.69) is 4.98 Å². The highest BCUT2D eigenvalue weighted by molar-refractivity contribution is 5.05. The monoisotopic (exact) mass is 180 g/mol. The Labute approximate surface area is 78.3 Å². The number of aromatic nitrogens is 1. The fraction of sp³-hybridized carbons (Fsp3) is 0.700. The van der Waals surface area contributed by atoms with Crippen molar-refractivity contribution < 1.29 is 4.42 Å². The fourth-order valence-electron chi connectivity index (χ4n) is 1.57. The first-order valence-electron chi connectivity index (χ1n) is 5.05. The van der Waals surface area contributed by atoms with E-state index in [1.54, 1.807) is 0 Å². The number of nitrogens with zero attached hydrogens (tertiary/aromatic N) is 1. The van der Waals surface area contributed by atoms with Crippen LogP contribution < -0.4 is 5.73 Å². The Morgan fingerprint density at radius 2 is 2.38 bits per heavy atom. The lowest BCUT2D eigenvalue weighted by Gasteiger charge is -2.22. The first-order chi connectivity index (χ1) is 6.40. The summed E-state index contributed by atoms with van der Waals surface area (Å²) in [6.45, 7) is 0.709. The summed E-state index contributed by atoms with van der Waals surface area (Å²) in [5, 5.41) is 0. The van der Waals surface area contributed by atoms with E-state index < -0.39 is 0 Å². The molecule has 0 aliphatic heterocycles. The lowest BCUT2D eigenvalue weighted by atomic mass is 9.84. The topological polar surface area (TPSA) is 52.0 Å². The molecule has 3 nitrogen and oxygen atoms in total. The van der Waals surface area contributed by atoms with Gasteiger partial charge in [-0.1, -0.05) is 6.42 Å². The van der Waals surface area contributed by atoms with Crippen molar-refractivity contribution in [1.82, 2.24) is 4.98 Å². The van der Waals surface area contributed by atoms with Gasteiger partial charge in [-0.15, -0.1) is 0 Å². The summed E-state index contributed by atoms with van der Waals surface area (Å²) >= 11 is 0. The molecule has 1 aromatic rings. The molecule has 1 saturated carbocycles. The zero-order chi connectivity index (χ0) is 9.10. The molecule has 2 N–H and O–H groups in total. The lowest BCUT2D eigenvalue weighted by molar-refractivity contribution is 0.333. The molecule has 1 fully saturated rings. The van der Waals surface area contributed by atoms with Crippen LogP contribution in [0.25, 0.3) is 0 Å². The van der Waals surface area contributed by atoms with Gasteiger partial charge in [-0.05, 0) is 25.8 Å². The average Bonchev–Trinajstić information content (AvgIpc) is 2.46. The van der Waals surface area contributed by atoms with E-state index in [4.69, 9.17) is 10.2 Å². The highest BCUT2D eigenvalue weighted by atomic mass is 16.4. The standard InChI is InChI=1S/C10H16N2O/c11-6-2-5-10-12-7-9(13-10)8-3-1-4-8/h7-8H,1-6,11H2. The van der Waals surface area contributed by atoms with Crippen molar-refractivity contribution in [2.45, 2.75) is 38.0 Å². The minimum Gasteiger partial charge on any atom is -0.445 e. The molecule has 1 aliphatic carbocycles. The van der Waals surface area contributed by atoms with Crippen LogP contribution in [0.4, 0.5) is 0 Å². The molecule has 0 unspecified atom stereocenters. The first-order valence-corrected chi connectivity index (χ1v) is 5.05. The molecule has 0 aromatic carbocycles. The van der Waals surface area contributed by atoms with Gasteiger partial charge in [-0.25, -0.2) is 4.98 Å². The van der Waals surface area contributed by atoms with E-state index >= 15 is 0 Å². The van der Waals surface area contributed by atoms with E-state index in [-0.39, 0.29) is 0 Å². The summed E-state index contributed by atoms with van der Waals surface area (Å²) in [4.78, 5) is 4.23. The molecule has 0 saturated heterocycles. The minimum absolute atomic E-state index is 0.652. The number of hydrogen-bond acceptors (Lipinski definition) is 3. The number of aryl methyl sites for hydroxylation is 1. The Morgan fingerprint density at radius 3 is 3.00 bits per heavy atom. The van der Waals surface area contributed by atoms with E-state index in [0.717, 1.165) is 24.5 Å². The molecule has 3 heteroatoms. The lowest BCUT2D eigenvalue weighted by Crippen LogP contribution is -2.07. The van der Waals surface area contributed by atoms with Crippen molar-refractivity contribution in [3.05, 3.63) is 17.8 Å². The Bertz CT molecular complexity index is 266. The second-order valence-corrected chi connectivity index (χ2v) is 3.68. The third-order valence-electron chi connectivity index (χ3n) is 2.67. The third kappa shape index (κ3) is 1.91. The van der Waals surface area contributed by atoms with Gasteiger partial charge in [0.15, 0.2) is 5.89 Å². The van der Waals surface area contributed by atoms with Gasteiger partial charge in [-0.2, -0.15) is 0 Å². The number of nitrogens with two attached hydrogens (primary N) is 1. The van der Waals surface area contributed by atoms with Crippen LogP contribution in [-0.2, 0) is 6.42 Å². The number of hydrogen-bond donors (Lipinski definition) is 1. The van der Waals surface area contributed by atoms with Gasteiger partial charge in [0.25, 0.3) is 0 Å². The van der Waals surface area contributed by atoms with Crippen molar-refractivity contribution in [2.24, 2.45) is 5.73 Å². The third-order valence-corrected chi connectivity index (χ3v) is 2.67. The summed E-state index contributed by atoms with van der Waals surface area (Å²) in [7, 11) is 0. The predicted molar refractivity (Wildman–Crippen MR) is 50.5 cm³/mol. The van der Waals surface area contributed by atoms with Crippen molar-refractivity contribution in [3.8, 4) is 0 Å². The van der Waals surface area contributed by atoms with Gasteiger partial charge >= 0.3 is 0 Å². The van der Waals surface area contributed by atoms with Crippen molar-refractivity contribution in [3.63, 3.8) is 0 Å². The highest BCUT2D eigenvalue weighted by Gasteiger charge is 2.23. The molecule has 1 heterocycles. The number of oxazole rings is 1. The van der Waals surface area contributed by atoms with Crippen LogP contribution in [0.2, 0.25) is 0 Å². The first kappa shape index (κ1) is 8.75. The van der Waals surface area contributed by atoms with Crippen LogP contribution in [0.5, 0.6) is 0 Å². The molecule has 1 aliphatic rings. The van der Waals surface area contributed by atoms with Gasteiger partial charge in [0.2, 0.25) is 0 Å².